The fraction of sp³-hybridized carbons (Fsp3) is 0.0526. The lowest BCUT2D eigenvalue weighted by molar-refractivity contribution is 0.967. The Bertz CT molecular complexity index is 1910. The number of anilines is 3. The highest BCUT2D eigenvalue weighted by molar-refractivity contribution is 6.13. The maximum atomic E-state index is 6.45. The fourth-order valence-electron chi connectivity index (χ4n) is 6.17. The van der Waals surface area contributed by atoms with E-state index < -0.39 is 0 Å². The van der Waals surface area contributed by atoms with Crippen molar-refractivity contribution in [1.29, 1.82) is 0 Å². The number of rotatable bonds is 5. The molecule has 0 heterocycles. The lowest BCUT2D eigenvalue weighted by atomic mass is 9.88. The van der Waals surface area contributed by atoms with Crippen molar-refractivity contribution in [1.82, 2.24) is 0 Å². The number of nitrogen functional groups attached to an aromatic ring is 1. The van der Waals surface area contributed by atoms with Gasteiger partial charge in [0.25, 0.3) is 0 Å². The number of nitrogens with zero attached hydrogens (tertiary/aromatic N) is 1. The normalized spacial score (nSPS) is 12.7. The summed E-state index contributed by atoms with van der Waals surface area (Å²) >= 11 is 0. The maximum absolute atomic E-state index is 6.45. The Kier molecular flexibility index (Phi) is 5.94. The van der Waals surface area contributed by atoms with Gasteiger partial charge in [0, 0.05) is 28.2 Å². The molecule has 2 heteroatoms. The summed E-state index contributed by atoms with van der Waals surface area (Å²) in [4.78, 5) is 2.35. The summed E-state index contributed by atoms with van der Waals surface area (Å²) in [5.41, 5.74) is 16.5. The topological polar surface area (TPSA) is 29.3 Å². The van der Waals surface area contributed by atoms with Crippen LogP contribution in [-0.2, 0) is 6.42 Å². The van der Waals surface area contributed by atoms with Gasteiger partial charge in [-0.15, -0.1) is 0 Å². The van der Waals surface area contributed by atoms with Gasteiger partial charge in [-0.3, -0.25) is 0 Å². The Labute approximate surface area is 235 Å². The summed E-state index contributed by atoms with van der Waals surface area (Å²) in [6.07, 6.45) is 6.21. The van der Waals surface area contributed by atoms with Gasteiger partial charge in [-0.05, 0) is 87.5 Å². The van der Waals surface area contributed by atoms with Crippen molar-refractivity contribution in [3.8, 4) is 11.1 Å². The summed E-state index contributed by atoms with van der Waals surface area (Å²) in [5.74, 6) is 0. The van der Waals surface area contributed by atoms with Gasteiger partial charge < -0.3 is 10.6 Å². The van der Waals surface area contributed by atoms with Crippen LogP contribution >= 0.6 is 0 Å². The molecule has 6 aromatic carbocycles. The number of benzene rings is 6. The van der Waals surface area contributed by atoms with Crippen molar-refractivity contribution in [3.05, 3.63) is 151 Å². The average molecular weight is 515 g/mol. The highest BCUT2D eigenvalue weighted by Gasteiger charge is 2.24. The third kappa shape index (κ3) is 3.97. The predicted octanol–water partition coefficient (Wildman–Crippen LogP) is 10.0. The molecular weight excluding hydrogens is 484 g/mol. The zero-order valence-corrected chi connectivity index (χ0v) is 22.3. The molecule has 2 N–H and O–H groups in total. The van der Waals surface area contributed by atoms with E-state index in [0.717, 1.165) is 41.2 Å². The van der Waals surface area contributed by atoms with E-state index in [4.69, 9.17) is 5.73 Å². The number of nitrogens with two attached hydrogens (primary N) is 1. The van der Waals surface area contributed by atoms with Crippen molar-refractivity contribution in [2.24, 2.45) is 0 Å². The first kappa shape index (κ1) is 24.0. The summed E-state index contributed by atoms with van der Waals surface area (Å²) in [6.45, 7) is 4.10. The van der Waals surface area contributed by atoms with Gasteiger partial charge in [-0.1, -0.05) is 104 Å². The Morgan fingerprint density at radius 1 is 0.675 bits per heavy atom. The van der Waals surface area contributed by atoms with E-state index in [2.05, 4.69) is 133 Å². The number of allylic oxidation sites excluding steroid dienone is 1. The maximum Gasteiger partial charge on any atom is 0.0503 e. The molecule has 2 nitrogen and oxygen atoms in total. The van der Waals surface area contributed by atoms with Gasteiger partial charge in [0.2, 0.25) is 0 Å². The Morgan fingerprint density at radius 2 is 1.35 bits per heavy atom. The van der Waals surface area contributed by atoms with Crippen LogP contribution in [0.5, 0.6) is 0 Å². The second-order valence-corrected chi connectivity index (χ2v) is 10.3. The van der Waals surface area contributed by atoms with Crippen molar-refractivity contribution in [2.45, 2.75) is 12.8 Å². The molecule has 0 aliphatic heterocycles. The first-order valence-corrected chi connectivity index (χ1v) is 13.8. The van der Waals surface area contributed by atoms with E-state index in [1.807, 2.05) is 12.1 Å². The second kappa shape index (κ2) is 9.91. The molecule has 40 heavy (non-hydrogen) atoms. The molecule has 0 spiro atoms. The van der Waals surface area contributed by atoms with Crippen LogP contribution in [0.2, 0.25) is 0 Å². The first-order chi connectivity index (χ1) is 19.7. The lowest BCUT2D eigenvalue weighted by Crippen LogP contribution is -2.20. The Balaban J connectivity index is 1.39. The zero-order valence-electron chi connectivity index (χ0n) is 22.3. The molecule has 0 saturated heterocycles. The fourth-order valence-corrected chi connectivity index (χ4v) is 6.17. The SMILES string of the molecule is C=Cc1c(N)ccc2c1C(N(c1ccccc1)c1ccc(-c3cc4ccccc4c4ccccc34)cc1)=CCC2. The van der Waals surface area contributed by atoms with Gasteiger partial charge in [-0.25, -0.2) is 0 Å². The molecule has 0 saturated carbocycles. The molecule has 1 aliphatic carbocycles. The van der Waals surface area contributed by atoms with Gasteiger partial charge in [-0.2, -0.15) is 0 Å². The molecule has 0 atom stereocenters. The van der Waals surface area contributed by atoms with Crippen molar-refractivity contribution in [2.75, 3.05) is 10.6 Å². The Hall–Kier alpha value is -5.08. The van der Waals surface area contributed by atoms with Crippen LogP contribution in [0.1, 0.15) is 23.1 Å². The molecule has 0 aromatic heterocycles. The molecule has 0 unspecified atom stereocenters. The van der Waals surface area contributed by atoms with Crippen LogP contribution < -0.4 is 10.6 Å². The molecule has 0 amide bonds. The van der Waals surface area contributed by atoms with Crippen LogP contribution in [0.4, 0.5) is 17.1 Å². The van der Waals surface area contributed by atoms with E-state index in [-0.39, 0.29) is 0 Å². The summed E-state index contributed by atoms with van der Waals surface area (Å²) in [7, 11) is 0. The molecular formula is C38H30N2. The van der Waals surface area contributed by atoms with Crippen molar-refractivity contribution in [3.63, 3.8) is 0 Å². The summed E-state index contributed by atoms with van der Waals surface area (Å²) in [6, 6.07) is 43.4. The minimum Gasteiger partial charge on any atom is -0.398 e. The second-order valence-electron chi connectivity index (χ2n) is 10.3. The van der Waals surface area contributed by atoms with Crippen LogP contribution in [0.3, 0.4) is 0 Å². The largest absolute Gasteiger partial charge is 0.398 e. The molecule has 0 radical (unpaired) electrons. The van der Waals surface area contributed by atoms with Gasteiger partial charge in [0.05, 0.1) is 5.70 Å². The minimum atomic E-state index is 0.757. The van der Waals surface area contributed by atoms with Crippen molar-refractivity contribution >= 4 is 50.4 Å². The van der Waals surface area contributed by atoms with Crippen LogP contribution in [0.15, 0.2) is 134 Å². The van der Waals surface area contributed by atoms with Gasteiger partial charge in [0.15, 0.2) is 0 Å². The van der Waals surface area contributed by atoms with Crippen LogP contribution in [0.25, 0.3) is 44.4 Å². The average Bonchev–Trinajstić information content (AvgIpc) is 3.02. The van der Waals surface area contributed by atoms with Gasteiger partial charge in [0.1, 0.15) is 0 Å². The minimum absolute atomic E-state index is 0.757. The van der Waals surface area contributed by atoms with E-state index in [9.17, 15) is 0 Å². The van der Waals surface area contributed by atoms with E-state index >= 15 is 0 Å². The van der Waals surface area contributed by atoms with Crippen LogP contribution in [-0.4, -0.2) is 0 Å². The van der Waals surface area contributed by atoms with E-state index in [1.165, 1.54) is 43.8 Å². The predicted molar refractivity (Wildman–Crippen MR) is 173 cm³/mol. The van der Waals surface area contributed by atoms with Crippen LogP contribution in [0, 0.1) is 0 Å². The summed E-state index contributed by atoms with van der Waals surface area (Å²) < 4.78 is 0. The summed E-state index contributed by atoms with van der Waals surface area (Å²) in [5, 5.41) is 5.09. The quantitative estimate of drug-likeness (QED) is 0.183. The molecule has 7 rings (SSSR count). The van der Waals surface area contributed by atoms with Crippen molar-refractivity contribution < 1.29 is 0 Å². The molecule has 0 bridgehead atoms. The first-order valence-electron chi connectivity index (χ1n) is 13.8. The number of fused-ring (bicyclic) bond motifs is 4. The third-order valence-electron chi connectivity index (χ3n) is 8.04. The number of hydrogen-bond donors (Lipinski definition) is 1. The standard InChI is InChI=1S/C38H30N2/c1-2-31-36(39)24-21-27-12-10-18-37(38(27)31)40(29-13-4-3-5-14-29)30-22-19-26(20-23-30)35-25-28-11-6-7-15-32(28)33-16-8-9-17-34(33)35/h2-9,11,13-25H,1,10,12,39H2. The molecule has 0 fully saturated rings. The highest BCUT2D eigenvalue weighted by atomic mass is 15.1. The van der Waals surface area contributed by atoms with E-state index in [0.29, 0.717) is 0 Å². The smallest absolute Gasteiger partial charge is 0.0503 e. The third-order valence-corrected chi connectivity index (χ3v) is 8.04. The number of hydrogen-bond acceptors (Lipinski definition) is 2. The zero-order chi connectivity index (χ0) is 27.1. The number of aryl methyl sites for hydroxylation is 1. The van der Waals surface area contributed by atoms with E-state index in [1.54, 1.807) is 0 Å². The highest BCUT2D eigenvalue weighted by Crippen LogP contribution is 2.42. The molecule has 6 aromatic rings. The lowest BCUT2D eigenvalue weighted by Gasteiger charge is -2.32. The Morgan fingerprint density at radius 3 is 2.12 bits per heavy atom. The molecule has 1 aliphatic rings. The molecule has 192 valence electrons. The number of para-hydroxylation sites is 1. The van der Waals surface area contributed by atoms with Gasteiger partial charge >= 0.3 is 0 Å². The monoisotopic (exact) mass is 514 g/mol.